The average Bonchev–Trinajstić information content (AvgIpc) is 2.61. The molecule has 1 aliphatic rings. The zero-order valence-corrected chi connectivity index (χ0v) is 14.8. The zero-order chi connectivity index (χ0) is 18.4. The van der Waals surface area contributed by atoms with E-state index in [0.717, 1.165) is 11.3 Å². The van der Waals surface area contributed by atoms with Crippen LogP contribution >= 0.6 is 0 Å². The van der Waals surface area contributed by atoms with E-state index in [1.807, 2.05) is 24.3 Å². The molecule has 1 N–H and O–H groups in total. The molecule has 7 nitrogen and oxygen atoms in total. The molecule has 1 amide bonds. The van der Waals surface area contributed by atoms with E-state index < -0.39 is 5.72 Å². The smallest absolute Gasteiger partial charge is 0.254 e. The molecular formula is C18H23N3O4. The molecule has 0 saturated carbocycles. The van der Waals surface area contributed by atoms with Gasteiger partial charge in [0.05, 0.1) is 12.7 Å². The number of ether oxygens (including phenoxy) is 1. The van der Waals surface area contributed by atoms with Crippen LogP contribution in [0.3, 0.4) is 0 Å². The van der Waals surface area contributed by atoms with E-state index in [9.17, 15) is 9.90 Å². The third-order valence-corrected chi connectivity index (χ3v) is 3.77. The molecule has 134 valence electrons. The van der Waals surface area contributed by atoms with E-state index in [2.05, 4.69) is 5.16 Å². The van der Waals surface area contributed by atoms with E-state index in [0.29, 0.717) is 5.57 Å². The number of nitrogens with zero attached hydrogens (tertiary/aromatic N) is 3. The van der Waals surface area contributed by atoms with Gasteiger partial charge in [0, 0.05) is 27.3 Å². The third-order valence-electron chi connectivity index (χ3n) is 3.77. The third kappa shape index (κ3) is 4.60. The van der Waals surface area contributed by atoms with Gasteiger partial charge in [0.15, 0.2) is 5.72 Å². The van der Waals surface area contributed by atoms with Crippen molar-refractivity contribution < 1.29 is 19.5 Å². The quantitative estimate of drug-likeness (QED) is 0.622. The van der Waals surface area contributed by atoms with Crippen LogP contribution in [0.2, 0.25) is 0 Å². The fraction of sp³-hybridized carbons (Fsp3) is 0.333. The maximum absolute atomic E-state index is 11.9. The minimum atomic E-state index is -1.45. The van der Waals surface area contributed by atoms with Gasteiger partial charge in [-0.05, 0) is 29.8 Å². The normalized spacial score (nSPS) is 19.7. The van der Waals surface area contributed by atoms with Crippen molar-refractivity contribution in [1.82, 2.24) is 9.80 Å². The number of rotatable bonds is 6. The number of benzene rings is 1. The Kier molecular flexibility index (Phi) is 5.82. The van der Waals surface area contributed by atoms with Crippen LogP contribution in [-0.4, -0.2) is 61.0 Å². The summed E-state index contributed by atoms with van der Waals surface area (Å²) < 4.78 is 5.09. The standard InChI is InChI=1S/C18H23N3O4/c1-20(2)17(22)15-9-10-18(23,21(3)11-15)13-19-25-12-14-5-7-16(24-4)8-6-14/h5-11,13,23H,12H2,1-4H3. The predicted octanol–water partition coefficient (Wildman–Crippen LogP) is 1.36. The SMILES string of the molecule is COc1ccc(CON=CC2(O)C=CC(C(=O)N(C)C)=CN2C)cc1. The summed E-state index contributed by atoms with van der Waals surface area (Å²) in [4.78, 5) is 20.1. The fourth-order valence-electron chi connectivity index (χ4n) is 2.15. The van der Waals surface area contributed by atoms with Crippen molar-refractivity contribution in [1.29, 1.82) is 0 Å². The van der Waals surface area contributed by atoms with E-state index in [4.69, 9.17) is 9.57 Å². The second-order valence-electron chi connectivity index (χ2n) is 5.87. The summed E-state index contributed by atoms with van der Waals surface area (Å²) >= 11 is 0. The van der Waals surface area contributed by atoms with Crippen LogP contribution < -0.4 is 4.74 Å². The molecule has 1 aromatic rings. The summed E-state index contributed by atoms with van der Waals surface area (Å²) in [6.07, 6.45) is 5.90. The van der Waals surface area contributed by atoms with Gasteiger partial charge in [0.25, 0.3) is 5.91 Å². The lowest BCUT2D eigenvalue weighted by atomic mass is 10.1. The topological polar surface area (TPSA) is 74.6 Å². The second-order valence-corrected chi connectivity index (χ2v) is 5.87. The number of aliphatic hydroxyl groups is 1. The Morgan fingerprint density at radius 2 is 2.04 bits per heavy atom. The first-order valence-corrected chi connectivity index (χ1v) is 7.73. The zero-order valence-electron chi connectivity index (χ0n) is 14.8. The first-order chi connectivity index (χ1) is 11.9. The van der Waals surface area contributed by atoms with Gasteiger partial charge in [-0.1, -0.05) is 17.3 Å². The molecule has 2 rings (SSSR count). The number of oxime groups is 1. The van der Waals surface area contributed by atoms with Crippen molar-refractivity contribution in [3.8, 4) is 5.75 Å². The highest BCUT2D eigenvalue weighted by Gasteiger charge is 2.30. The van der Waals surface area contributed by atoms with Crippen LogP contribution in [-0.2, 0) is 16.2 Å². The number of hydrogen-bond acceptors (Lipinski definition) is 6. The summed E-state index contributed by atoms with van der Waals surface area (Å²) in [6.45, 7) is 0.268. The van der Waals surface area contributed by atoms with Crippen molar-refractivity contribution in [2.24, 2.45) is 5.16 Å². The second kappa shape index (κ2) is 7.85. The van der Waals surface area contributed by atoms with E-state index >= 15 is 0 Å². The molecule has 0 aliphatic carbocycles. The number of carbonyl (C=O) groups is 1. The average molecular weight is 345 g/mol. The van der Waals surface area contributed by atoms with Gasteiger partial charge in [-0.15, -0.1) is 0 Å². The Morgan fingerprint density at radius 3 is 2.60 bits per heavy atom. The minimum Gasteiger partial charge on any atom is -0.497 e. The monoisotopic (exact) mass is 345 g/mol. The van der Waals surface area contributed by atoms with Gasteiger partial charge < -0.3 is 24.5 Å². The fourth-order valence-corrected chi connectivity index (χ4v) is 2.15. The van der Waals surface area contributed by atoms with Crippen LogP contribution in [0.4, 0.5) is 0 Å². The van der Waals surface area contributed by atoms with Gasteiger partial charge in [-0.25, -0.2) is 0 Å². The highest BCUT2D eigenvalue weighted by atomic mass is 16.6. The Balaban J connectivity index is 1.94. The Labute approximate surface area is 147 Å². The molecule has 1 atom stereocenters. The molecule has 7 heteroatoms. The van der Waals surface area contributed by atoms with Crippen molar-refractivity contribution >= 4 is 12.1 Å². The van der Waals surface area contributed by atoms with Crippen molar-refractivity contribution in [2.75, 3.05) is 28.3 Å². The summed E-state index contributed by atoms with van der Waals surface area (Å²) in [5, 5.41) is 14.4. The number of carbonyl (C=O) groups excluding carboxylic acids is 1. The summed E-state index contributed by atoms with van der Waals surface area (Å²) in [5.74, 6) is 0.628. The molecule has 0 radical (unpaired) electrons. The number of likely N-dealkylation sites (N-methyl/N-ethyl adjacent to an activating group) is 2. The first-order valence-electron chi connectivity index (χ1n) is 7.73. The molecule has 1 heterocycles. The largest absolute Gasteiger partial charge is 0.497 e. The molecule has 0 saturated heterocycles. The van der Waals surface area contributed by atoms with Crippen LogP contribution in [0.25, 0.3) is 0 Å². The maximum Gasteiger partial charge on any atom is 0.254 e. The Morgan fingerprint density at radius 1 is 1.36 bits per heavy atom. The lowest BCUT2D eigenvalue weighted by Crippen LogP contribution is -2.45. The first kappa shape index (κ1) is 18.5. The molecule has 1 aliphatic heterocycles. The number of hydrogen-bond donors (Lipinski definition) is 1. The maximum atomic E-state index is 11.9. The van der Waals surface area contributed by atoms with Crippen LogP contribution in [0.1, 0.15) is 5.56 Å². The number of methoxy groups -OCH3 is 1. The van der Waals surface area contributed by atoms with Crippen LogP contribution in [0.15, 0.2) is 53.3 Å². The minimum absolute atomic E-state index is 0.141. The van der Waals surface area contributed by atoms with Crippen LogP contribution in [0.5, 0.6) is 5.75 Å². The molecular weight excluding hydrogens is 322 g/mol. The highest BCUT2D eigenvalue weighted by molar-refractivity contribution is 5.96. The molecule has 0 aromatic heterocycles. The molecule has 25 heavy (non-hydrogen) atoms. The number of amides is 1. The molecule has 1 aromatic carbocycles. The predicted molar refractivity (Wildman–Crippen MR) is 94.9 cm³/mol. The lowest BCUT2D eigenvalue weighted by Gasteiger charge is -2.33. The highest BCUT2D eigenvalue weighted by Crippen LogP contribution is 2.20. The van der Waals surface area contributed by atoms with Crippen molar-refractivity contribution in [2.45, 2.75) is 12.3 Å². The summed E-state index contributed by atoms with van der Waals surface area (Å²) in [7, 11) is 6.61. The summed E-state index contributed by atoms with van der Waals surface area (Å²) in [6, 6.07) is 7.42. The van der Waals surface area contributed by atoms with Gasteiger partial charge >= 0.3 is 0 Å². The van der Waals surface area contributed by atoms with Crippen molar-refractivity contribution in [3.63, 3.8) is 0 Å². The van der Waals surface area contributed by atoms with E-state index in [1.165, 1.54) is 22.1 Å². The lowest BCUT2D eigenvalue weighted by molar-refractivity contribution is -0.124. The summed E-state index contributed by atoms with van der Waals surface area (Å²) in [5.41, 5.74) is -0.0447. The van der Waals surface area contributed by atoms with Crippen LogP contribution in [0, 0.1) is 0 Å². The molecule has 0 spiro atoms. The molecule has 0 bridgehead atoms. The van der Waals surface area contributed by atoms with Gasteiger partial charge in [0.1, 0.15) is 18.6 Å². The molecule has 1 unspecified atom stereocenters. The Bertz CT molecular complexity index is 695. The van der Waals surface area contributed by atoms with Gasteiger partial charge in [0.2, 0.25) is 0 Å². The van der Waals surface area contributed by atoms with Gasteiger partial charge in [-0.2, -0.15) is 0 Å². The van der Waals surface area contributed by atoms with Crippen molar-refractivity contribution in [3.05, 3.63) is 53.8 Å². The van der Waals surface area contributed by atoms with E-state index in [1.54, 1.807) is 40.5 Å². The molecule has 0 fully saturated rings. The van der Waals surface area contributed by atoms with Gasteiger partial charge in [-0.3, -0.25) is 4.79 Å². The van der Waals surface area contributed by atoms with E-state index in [-0.39, 0.29) is 12.5 Å². The Hall–Kier alpha value is -2.80.